The lowest BCUT2D eigenvalue weighted by atomic mass is 10.1. The second kappa shape index (κ2) is 9.53. The third-order valence-electron chi connectivity index (χ3n) is 3.37. The molecule has 0 spiro atoms. The highest BCUT2D eigenvalue weighted by Crippen LogP contribution is 2.08. The second-order valence-electron chi connectivity index (χ2n) is 5.43. The predicted octanol–water partition coefficient (Wildman–Crippen LogP) is 1.65. The summed E-state index contributed by atoms with van der Waals surface area (Å²) in [6, 6.07) is 18.4. The van der Waals surface area contributed by atoms with Crippen LogP contribution < -0.4 is 10.9 Å². The van der Waals surface area contributed by atoms with Gasteiger partial charge in [0.15, 0.2) is 0 Å². The minimum absolute atomic E-state index is 0.0701. The molecule has 2 aromatic rings. The van der Waals surface area contributed by atoms with Gasteiger partial charge in [0.2, 0.25) is 0 Å². The van der Waals surface area contributed by atoms with Crippen LogP contribution in [0, 0.1) is 0 Å². The summed E-state index contributed by atoms with van der Waals surface area (Å²) < 4.78 is 0. The summed E-state index contributed by atoms with van der Waals surface area (Å²) >= 11 is 0. The average Bonchev–Trinajstić information content (AvgIpc) is 2.65. The van der Waals surface area contributed by atoms with Crippen LogP contribution in [0.15, 0.2) is 70.9 Å². The zero-order valence-electron chi connectivity index (χ0n) is 13.8. The third kappa shape index (κ3) is 6.00. The highest BCUT2D eigenvalue weighted by atomic mass is 16.4. The molecule has 0 aliphatic rings. The van der Waals surface area contributed by atoms with E-state index >= 15 is 0 Å². The van der Waals surface area contributed by atoms with E-state index in [0.29, 0.717) is 5.69 Å². The number of para-hydroxylation sites is 2. The summed E-state index contributed by atoms with van der Waals surface area (Å²) in [6.07, 6.45) is -2.62. The van der Waals surface area contributed by atoms with Crippen LogP contribution in [0.4, 0.5) is 11.4 Å². The normalized spacial score (nSPS) is 15.6. The topological polar surface area (TPSA) is 109 Å². The van der Waals surface area contributed by atoms with Crippen molar-refractivity contribution >= 4 is 23.3 Å². The molecular weight excluding hydrogens is 320 g/mol. The second-order valence-corrected chi connectivity index (χ2v) is 5.43. The van der Waals surface area contributed by atoms with Crippen molar-refractivity contribution in [3.63, 3.8) is 0 Å². The van der Waals surface area contributed by atoms with Gasteiger partial charge in [-0.3, -0.25) is 10.9 Å². The van der Waals surface area contributed by atoms with Crippen molar-refractivity contribution in [3.05, 3.63) is 60.7 Å². The first-order chi connectivity index (χ1) is 12.1. The van der Waals surface area contributed by atoms with E-state index in [-0.39, 0.29) is 5.71 Å². The van der Waals surface area contributed by atoms with Gasteiger partial charge in [-0.2, -0.15) is 10.2 Å². The molecule has 2 aromatic carbocycles. The summed E-state index contributed by atoms with van der Waals surface area (Å²) in [6.45, 7) is 1.38. The fraction of sp³-hybridized carbons (Fsp3) is 0.222. The van der Waals surface area contributed by atoms with Crippen LogP contribution in [0.5, 0.6) is 0 Å². The summed E-state index contributed by atoms with van der Waals surface area (Å²) in [4.78, 5) is 0. The maximum absolute atomic E-state index is 10.2. The highest BCUT2D eigenvalue weighted by molar-refractivity contribution is 6.33. The van der Waals surface area contributed by atoms with Gasteiger partial charge >= 0.3 is 0 Å². The van der Waals surface area contributed by atoms with Crippen LogP contribution in [0.25, 0.3) is 0 Å². The molecule has 7 nitrogen and oxygen atoms in total. The van der Waals surface area contributed by atoms with Gasteiger partial charge in [-0.25, -0.2) is 0 Å². The number of hydrogen-bond donors (Lipinski definition) is 5. The average molecular weight is 342 g/mol. The molecule has 3 unspecified atom stereocenters. The summed E-state index contributed by atoms with van der Waals surface area (Å²) in [7, 11) is 0. The zero-order valence-corrected chi connectivity index (χ0v) is 13.8. The highest BCUT2D eigenvalue weighted by Gasteiger charge is 2.25. The van der Waals surface area contributed by atoms with E-state index in [4.69, 9.17) is 0 Å². The molecular formula is C18H22N4O3. The molecule has 0 bridgehead atoms. The Morgan fingerprint density at radius 3 is 1.92 bits per heavy atom. The first-order valence-electron chi connectivity index (χ1n) is 7.85. The van der Waals surface area contributed by atoms with Crippen molar-refractivity contribution < 1.29 is 15.3 Å². The number of nitrogens with one attached hydrogen (secondary N) is 2. The molecule has 7 heteroatoms. The molecule has 132 valence electrons. The van der Waals surface area contributed by atoms with E-state index in [1.165, 1.54) is 13.1 Å². The molecule has 0 aromatic heterocycles. The van der Waals surface area contributed by atoms with Crippen molar-refractivity contribution in [1.82, 2.24) is 0 Å². The number of aliphatic hydroxyl groups excluding tert-OH is 3. The Morgan fingerprint density at radius 1 is 0.880 bits per heavy atom. The van der Waals surface area contributed by atoms with Crippen LogP contribution in [-0.2, 0) is 0 Å². The van der Waals surface area contributed by atoms with Gasteiger partial charge in [0.05, 0.1) is 23.7 Å². The Balaban J connectivity index is 2.13. The first-order valence-corrected chi connectivity index (χ1v) is 7.85. The van der Waals surface area contributed by atoms with Crippen molar-refractivity contribution in [2.75, 3.05) is 10.9 Å². The van der Waals surface area contributed by atoms with Crippen LogP contribution in [0.2, 0.25) is 0 Å². The van der Waals surface area contributed by atoms with Gasteiger partial charge in [0, 0.05) is 0 Å². The zero-order chi connectivity index (χ0) is 18.1. The van der Waals surface area contributed by atoms with Gasteiger partial charge in [0.25, 0.3) is 0 Å². The lowest BCUT2D eigenvalue weighted by molar-refractivity contribution is -0.0249. The molecule has 5 N–H and O–H groups in total. The van der Waals surface area contributed by atoms with E-state index in [9.17, 15) is 15.3 Å². The van der Waals surface area contributed by atoms with E-state index in [2.05, 4.69) is 21.1 Å². The number of anilines is 2. The molecule has 0 fully saturated rings. The first kappa shape index (κ1) is 18.6. The van der Waals surface area contributed by atoms with Crippen molar-refractivity contribution in [2.24, 2.45) is 10.2 Å². The molecule has 0 aliphatic heterocycles. The SMILES string of the molecule is CC(O)C(O)C(O)C(C=NNc1ccccc1)=NNc1ccccc1. The van der Waals surface area contributed by atoms with Gasteiger partial charge in [-0.15, -0.1) is 0 Å². The Hall–Kier alpha value is -2.74. The van der Waals surface area contributed by atoms with Gasteiger partial charge in [-0.05, 0) is 31.2 Å². The number of nitrogens with zero attached hydrogens (tertiary/aromatic N) is 2. The summed E-state index contributed by atoms with van der Waals surface area (Å²) in [5.41, 5.74) is 7.13. The summed E-state index contributed by atoms with van der Waals surface area (Å²) in [5, 5.41) is 37.7. The number of rotatable bonds is 8. The van der Waals surface area contributed by atoms with Gasteiger partial charge in [0.1, 0.15) is 17.9 Å². The molecule has 0 saturated heterocycles. The molecule has 2 rings (SSSR count). The van der Waals surface area contributed by atoms with Crippen molar-refractivity contribution in [3.8, 4) is 0 Å². The summed E-state index contributed by atoms with van der Waals surface area (Å²) in [5.74, 6) is 0. The largest absolute Gasteiger partial charge is 0.391 e. The standard InChI is InChI=1S/C18H22N4O3/c1-13(23)17(24)18(25)16(22-21-15-10-6-3-7-11-15)12-19-20-14-8-4-2-5-9-14/h2-13,17-18,20-21,23-25H,1H3. The fourth-order valence-electron chi connectivity index (χ4n) is 1.94. The van der Waals surface area contributed by atoms with E-state index in [0.717, 1.165) is 5.69 Å². The van der Waals surface area contributed by atoms with E-state index < -0.39 is 18.3 Å². The smallest absolute Gasteiger partial charge is 0.128 e. The van der Waals surface area contributed by atoms with Crippen molar-refractivity contribution in [2.45, 2.75) is 25.2 Å². The Morgan fingerprint density at radius 2 is 1.40 bits per heavy atom. The predicted molar refractivity (Wildman–Crippen MR) is 99.8 cm³/mol. The molecule has 25 heavy (non-hydrogen) atoms. The molecule has 0 saturated carbocycles. The van der Waals surface area contributed by atoms with Crippen LogP contribution in [0.1, 0.15) is 6.92 Å². The number of benzene rings is 2. The molecule has 3 atom stereocenters. The molecule has 0 amide bonds. The monoisotopic (exact) mass is 342 g/mol. The van der Waals surface area contributed by atoms with Gasteiger partial charge in [-0.1, -0.05) is 36.4 Å². The van der Waals surface area contributed by atoms with Gasteiger partial charge < -0.3 is 15.3 Å². The fourth-order valence-corrected chi connectivity index (χ4v) is 1.94. The molecule has 0 radical (unpaired) electrons. The van der Waals surface area contributed by atoms with Crippen LogP contribution in [-0.4, -0.2) is 45.6 Å². The number of hydrazone groups is 2. The maximum atomic E-state index is 10.2. The Labute approximate surface area is 146 Å². The van der Waals surface area contributed by atoms with E-state index in [1.54, 1.807) is 12.1 Å². The molecule has 0 aliphatic carbocycles. The maximum Gasteiger partial charge on any atom is 0.128 e. The third-order valence-corrected chi connectivity index (χ3v) is 3.37. The lowest BCUT2D eigenvalue weighted by Gasteiger charge is -2.20. The van der Waals surface area contributed by atoms with Crippen LogP contribution in [0.3, 0.4) is 0 Å². The molecule has 0 heterocycles. The minimum atomic E-state index is -1.41. The lowest BCUT2D eigenvalue weighted by Crippen LogP contribution is -2.42. The Kier molecular flexibility index (Phi) is 7.09. The van der Waals surface area contributed by atoms with Crippen molar-refractivity contribution in [1.29, 1.82) is 0 Å². The number of hydrogen-bond acceptors (Lipinski definition) is 7. The Bertz CT molecular complexity index is 690. The quantitative estimate of drug-likeness (QED) is 0.370. The number of aliphatic hydroxyl groups is 3. The van der Waals surface area contributed by atoms with E-state index in [1.807, 2.05) is 48.5 Å². The van der Waals surface area contributed by atoms with Crippen LogP contribution >= 0.6 is 0 Å². The minimum Gasteiger partial charge on any atom is -0.391 e.